The van der Waals surface area contributed by atoms with E-state index in [-0.39, 0.29) is 11.3 Å². The highest BCUT2D eigenvalue weighted by molar-refractivity contribution is 5.83. The molecule has 2 rings (SSSR count). The lowest BCUT2D eigenvalue weighted by Crippen LogP contribution is -2.36. The van der Waals surface area contributed by atoms with Crippen LogP contribution in [0.1, 0.15) is 25.3 Å². The predicted molar refractivity (Wildman–Crippen MR) is 66.6 cm³/mol. The van der Waals surface area contributed by atoms with Gasteiger partial charge in [-0.05, 0) is 19.9 Å². The van der Waals surface area contributed by atoms with E-state index >= 15 is 0 Å². The van der Waals surface area contributed by atoms with Crippen molar-refractivity contribution >= 4 is 5.97 Å². The maximum Gasteiger partial charge on any atom is 0.317 e. The molecule has 2 atom stereocenters. The number of carbonyl (C=O) groups excluding carboxylic acids is 1. The number of esters is 1. The second kappa shape index (κ2) is 5.01. The van der Waals surface area contributed by atoms with Crippen LogP contribution in [0.5, 0.6) is 5.75 Å². The first-order valence-electron chi connectivity index (χ1n) is 6.11. The summed E-state index contributed by atoms with van der Waals surface area (Å²) in [6.07, 6.45) is -0.617. The number of carbonyl (C=O) groups is 1. The second-order valence-corrected chi connectivity index (χ2v) is 5.14. The molecular formula is C14H16F2O4. The first kappa shape index (κ1) is 14.7. The van der Waals surface area contributed by atoms with Crippen LogP contribution in [0.25, 0.3) is 0 Å². The third-order valence-corrected chi connectivity index (χ3v) is 3.48. The van der Waals surface area contributed by atoms with E-state index in [1.54, 1.807) is 13.8 Å². The lowest BCUT2D eigenvalue weighted by atomic mass is 9.87. The van der Waals surface area contributed by atoms with Gasteiger partial charge in [-0.15, -0.1) is 0 Å². The number of ether oxygens (including phenoxy) is 3. The van der Waals surface area contributed by atoms with E-state index in [0.29, 0.717) is 0 Å². The standard InChI is InChI=1S/C14H16F2O4/c1-14(2)12(19-4)9(13(17)20-14)7-5-6-8(15)10(16)11(7)18-3/h5-6,9,12H,1-4H3/t9-,12?/m0/s1. The Balaban J connectivity index is 2.56. The van der Waals surface area contributed by atoms with Crippen LogP contribution in [-0.4, -0.2) is 31.9 Å². The highest BCUT2D eigenvalue weighted by Gasteiger charge is 2.52. The Morgan fingerprint density at radius 3 is 2.45 bits per heavy atom. The van der Waals surface area contributed by atoms with Gasteiger partial charge in [-0.25, -0.2) is 4.39 Å². The smallest absolute Gasteiger partial charge is 0.317 e. The summed E-state index contributed by atoms with van der Waals surface area (Å²) in [6, 6.07) is 2.27. The van der Waals surface area contributed by atoms with Crippen molar-refractivity contribution in [1.29, 1.82) is 0 Å². The van der Waals surface area contributed by atoms with Gasteiger partial charge in [-0.3, -0.25) is 4.79 Å². The monoisotopic (exact) mass is 286 g/mol. The van der Waals surface area contributed by atoms with E-state index in [2.05, 4.69) is 0 Å². The van der Waals surface area contributed by atoms with Crippen molar-refractivity contribution in [2.75, 3.05) is 14.2 Å². The molecule has 1 unspecified atom stereocenters. The number of cyclic esters (lactones) is 1. The van der Waals surface area contributed by atoms with Crippen molar-refractivity contribution in [1.82, 2.24) is 0 Å². The third kappa shape index (κ3) is 2.14. The molecule has 110 valence electrons. The number of rotatable bonds is 3. The van der Waals surface area contributed by atoms with Gasteiger partial charge < -0.3 is 14.2 Å². The minimum Gasteiger partial charge on any atom is -0.493 e. The lowest BCUT2D eigenvalue weighted by molar-refractivity contribution is -0.148. The Bertz CT molecular complexity index is 542. The molecule has 4 nitrogen and oxygen atoms in total. The van der Waals surface area contributed by atoms with Crippen LogP contribution >= 0.6 is 0 Å². The summed E-state index contributed by atoms with van der Waals surface area (Å²) >= 11 is 0. The minimum absolute atomic E-state index is 0.217. The van der Waals surface area contributed by atoms with Crippen LogP contribution in [-0.2, 0) is 14.3 Å². The molecule has 0 spiro atoms. The zero-order valence-corrected chi connectivity index (χ0v) is 11.7. The SMILES string of the molecule is COc1c([C@@H]2C(=O)OC(C)(C)C2OC)ccc(F)c1F. The highest BCUT2D eigenvalue weighted by atomic mass is 19.2. The molecule has 1 aromatic rings. The maximum absolute atomic E-state index is 13.8. The molecule has 0 radical (unpaired) electrons. The van der Waals surface area contributed by atoms with E-state index < -0.39 is 35.2 Å². The average molecular weight is 286 g/mol. The zero-order valence-electron chi connectivity index (χ0n) is 11.7. The topological polar surface area (TPSA) is 44.8 Å². The van der Waals surface area contributed by atoms with Gasteiger partial charge in [0, 0.05) is 12.7 Å². The number of hydrogen-bond donors (Lipinski definition) is 0. The van der Waals surface area contributed by atoms with E-state index in [1.165, 1.54) is 20.3 Å². The van der Waals surface area contributed by atoms with Crippen molar-refractivity contribution in [3.63, 3.8) is 0 Å². The second-order valence-electron chi connectivity index (χ2n) is 5.14. The Kier molecular flexibility index (Phi) is 3.69. The minimum atomic E-state index is -1.13. The molecule has 0 N–H and O–H groups in total. The van der Waals surface area contributed by atoms with Gasteiger partial charge in [0.1, 0.15) is 17.6 Å². The van der Waals surface area contributed by atoms with Crippen LogP contribution in [0.15, 0.2) is 12.1 Å². The Hall–Kier alpha value is -1.69. The highest BCUT2D eigenvalue weighted by Crippen LogP contribution is 2.43. The van der Waals surface area contributed by atoms with Gasteiger partial charge >= 0.3 is 5.97 Å². The largest absolute Gasteiger partial charge is 0.493 e. The van der Waals surface area contributed by atoms with Gasteiger partial charge in [0.2, 0.25) is 5.82 Å². The summed E-state index contributed by atoms with van der Waals surface area (Å²) in [4.78, 5) is 12.1. The first-order chi connectivity index (χ1) is 9.33. The number of methoxy groups -OCH3 is 2. The van der Waals surface area contributed by atoms with Gasteiger partial charge in [0.05, 0.1) is 7.11 Å². The molecule has 1 aliphatic rings. The summed E-state index contributed by atoms with van der Waals surface area (Å²) in [5.74, 6) is -3.87. The maximum atomic E-state index is 13.8. The third-order valence-electron chi connectivity index (χ3n) is 3.48. The Labute approximate surface area is 115 Å². The fourth-order valence-electron chi connectivity index (χ4n) is 2.62. The van der Waals surface area contributed by atoms with Gasteiger partial charge in [-0.1, -0.05) is 6.07 Å². The van der Waals surface area contributed by atoms with Crippen molar-refractivity contribution in [3.05, 3.63) is 29.3 Å². The van der Waals surface area contributed by atoms with Gasteiger partial charge in [-0.2, -0.15) is 4.39 Å². The first-order valence-corrected chi connectivity index (χ1v) is 6.11. The molecule has 1 fully saturated rings. The van der Waals surface area contributed by atoms with Gasteiger partial charge in [0.15, 0.2) is 11.6 Å². The lowest BCUT2D eigenvalue weighted by Gasteiger charge is -2.26. The van der Waals surface area contributed by atoms with Crippen LogP contribution in [0.3, 0.4) is 0 Å². The Morgan fingerprint density at radius 2 is 1.90 bits per heavy atom. The molecule has 0 aliphatic carbocycles. The predicted octanol–water partition coefficient (Wildman–Crippen LogP) is 2.41. The van der Waals surface area contributed by atoms with Crippen LogP contribution in [0.4, 0.5) is 8.78 Å². The van der Waals surface area contributed by atoms with Crippen molar-refractivity contribution in [2.45, 2.75) is 31.5 Å². The summed E-state index contributed by atoms with van der Waals surface area (Å²) in [5, 5.41) is 0. The van der Waals surface area contributed by atoms with Crippen LogP contribution < -0.4 is 4.74 Å². The molecule has 1 aliphatic heterocycles. The molecular weight excluding hydrogens is 270 g/mol. The summed E-state index contributed by atoms with van der Waals surface area (Å²) in [7, 11) is 2.66. The molecule has 20 heavy (non-hydrogen) atoms. The summed E-state index contributed by atoms with van der Waals surface area (Å²) in [6.45, 7) is 3.40. The van der Waals surface area contributed by atoms with Crippen molar-refractivity contribution in [3.8, 4) is 5.75 Å². The molecule has 0 bridgehead atoms. The molecule has 0 aromatic heterocycles. The van der Waals surface area contributed by atoms with Crippen LogP contribution in [0, 0.1) is 11.6 Å². The zero-order chi connectivity index (χ0) is 15.1. The number of benzene rings is 1. The average Bonchev–Trinajstić information content (AvgIpc) is 2.61. The van der Waals surface area contributed by atoms with Gasteiger partial charge in [0.25, 0.3) is 0 Å². The molecule has 0 saturated carbocycles. The normalized spacial score (nSPS) is 24.6. The Morgan fingerprint density at radius 1 is 1.25 bits per heavy atom. The van der Waals surface area contributed by atoms with E-state index in [0.717, 1.165) is 6.07 Å². The number of hydrogen-bond acceptors (Lipinski definition) is 4. The number of halogens is 2. The van der Waals surface area contributed by atoms with Crippen LogP contribution in [0.2, 0.25) is 0 Å². The molecule has 6 heteroatoms. The van der Waals surface area contributed by atoms with Crippen molar-refractivity contribution < 1.29 is 27.8 Å². The fraction of sp³-hybridized carbons (Fsp3) is 0.500. The van der Waals surface area contributed by atoms with E-state index in [9.17, 15) is 13.6 Å². The molecule has 1 aromatic carbocycles. The molecule has 0 amide bonds. The quantitative estimate of drug-likeness (QED) is 0.800. The molecule has 1 saturated heterocycles. The fourth-order valence-corrected chi connectivity index (χ4v) is 2.62. The molecule has 1 heterocycles. The van der Waals surface area contributed by atoms with E-state index in [1.807, 2.05) is 0 Å². The summed E-state index contributed by atoms with van der Waals surface area (Å²) < 4.78 is 42.5. The van der Waals surface area contributed by atoms with E-state index in [4.69, 9.17) is 14.2 Å². The van der Waals surface area contributed by atoms with Crippen molar-refractivity contribution in [2.24, 2.45) is 0 Å². The summed E-state index contributed by atoms with van der Waals surface area (Å²) in [5.41, 5.74) is -0.638.